The lowest BCUT2D eigenvalue weighted by molar-refractivity contribution is -0.143. The fourth-order valence-electron chi connectivity index (χ4n) is 5.17. The standard InChI is InChI=1S/C33H37BrCl2N2O3/c1-22(2)24-16-17-31(27(34)19-24)41-21-32(39)38(20-26-28(35)14-9-15-29(26)36)30(18-23-10-5-3-6-11-23)33(40)37-25-12-7-4-8-13-25/h3,5-6,9-11,14-17,19,22,25,30H,4,7-8,12-13,18,20-21H2,1-2H3,(H,37,40)/t30-/m1/s1. The van der Waals surface area contributed by atoms with Crippen LogP contribution in [0, 0.1) is 0 Å². The van der Waals surface area contributed by atoms with Gasteiger partial charge in [-0.15, -0.1) is 0 Å². The van der Waals surface area contributed by atoms with E-state index in [0.717, 1.165) is 41.3 Å². The summed E-state index contributed by atoms with van der Waals surface area (Å²) in [6.07, 6.45) is 5.59. The largest absolute Gasteiger partial charge is 0.483 e. The van der Waals surface area contributed by atoms with Crippen molar-refractivity contribution in [3.63, 3.8) is 0 Å². The Kier molecular flexibility index (Phi) is 11.5. The SMILES string of the molecule is CC(C)c1ccc(OCC(=O)N(Cc2c(Cl)cccc2Cl)[C@H](Cc2ccccc2)C(=O)NC2CCCCC2)c(Br)c1. The molecule has 4 rings (SSSR count). The minimum absolute atomic E-state index is 0.0732. The van der Waals surface area contributed by atoms with Crippen LogP contribution < -0.4 is 10.1 Å². The molecule has 1 saturated carbocycles. The molecule has 3 aromatic rings. The molecule has 0 bridgehead atoms. The van der Waals surface area contributed by atoms with Gasteiger partial charge in [0.25, 0.3) is 5.91 Å². The van der Waals surface area contributed by atoms with Crippen LogP contribution in [0.5, 0.6) is 5.75 Å². The maximum absolute atomic E-state index is 14.0. The first-order chi connectivity index (χ1) is 19.7. The van der Waals surface area contributed by atoms with E-state index in [4.69, 9.17) is 27.9 Å². The third-order valence-corrected chi connectivity index (χ3v) is 8.91. The summed E-state index contributed by atoms with van der Waals surface area (Å²) >= 11 is 16.7. The summed E-state index contributed by atoms with van der Waals surface area (Å²) in [5, 5.41) is 4.12. The van der Waals surface area contributed by atoms with Crippen LogP contribution in [0.15, 0.2) is 71.2 Å². The molecule has 0 spiro atoms. The molecule has 1 atom stereocenters. The number of halogens is 3. The van der Waals surface area contributed by atoms with Crippen molar-refractivity contribution in [1.82, 2.24) is 10.2 Å². The minimum atomic E-state index is -0.783. The molecule has 0 aromatic heterocycles. The number of carbonyl (C=O) groups is 2. The summed E-state index contributed by atoms with van der Waals surface area (Å²) in [5.74, 6) is 0.407. The third-order valence-electron chi connectivity index (χ3n) is 7.59. The van der Waals surface area contributed by atoms with Gasteiger partial charge >= 0.3 is 0 Å². The molecule has 0 radical (unpaired) electrons. The smallest absolute Gasteiger partial charge is 0.261 e. The second-order valence-electron chi connectivity index (χ2n) is 10.9. The molecule has 5 nitrogen and oxygen atoms in total. The van der Waals surface area contributed by atoms with Crippen LogP contribution in [0.4, 0.5) is 0 Å². The van der Waals surface area contributed by atoms with Crippen LogP contribution in [0.1, 0.15) is 68.6 Å². The highest BCUT2D eigenvalue weighted by Crippen LogP contribution is 2.30. The lowest BCUT2D eigenvalue weighted by atomic mass is 9.94. The first-order valence-electron chi connectivity index (χ1n) is 14.2. The van der Waals surface area contributed by atoms with E-state index in [0.29, 0.717) is 33.7 Å². The molecular weight excluding hydrogens is 623 g/mol. The number of hydrogen-bond acceptors (Lipinski definition) is 3. The van der Waals surface area contributed by atoms with Gasteiger partial charge in [-0.1, -0.05) is 98.8 Å². The normalized spacial score (nSPS) is 14.5. The molecule has 41 heavy (non-hydrogen) atoms. The first-order valence-corrected chi connectivity index (χ1v) is 15.8. The van der Waals surface area contributed by atoms with Gasteiger partial charge in [-0.25, -0.2) is 0 Å². The Morgan fingerprint density at radius 2 is 1.66 bits per heavy atom. The molecular formula is C33H37BrCl2N2O3. The molecule has 1 fully saturated rings. The number of nitrogens with zero attached hydrogens (tertiary/aromatic N) is 1. The van der Waals surface area contributed by atoms with Gasteiger partial charge in [0.2, 0.25) is 5.91 Å². The van der Waals surface area contributed by atoms with Crippen LogP contribution in [0.25, 0.3) is 0 Å². The maximum Gasteiger partial charge on any atom is 0.261 e. The van der Waals surface area contributed by atoms with Gasteiger partial charge in [-0.2, -0.15) is 0 Å². The van der Waals surface area contributed by atoms with Gasteiger partial charge in [0.05, 0.1) is 4.47 Å². The van der Waals surface area contributed by atoms with E-state index in [9.17, 15) is 9.59 Å². The van der Waals surface area contributed by atoms with E-state index < -0.39 is 6.04 Å². The number of hydrogen-bond donors (Lipinski definition) is 1. The molecule has 0 saturated heterocycles. The highest BCUT2D eigenvalue weighted by atomic mass is 79.9. The molecule has 1 aliphatic rings. The molecule has 0 heterocycles. The number of amides is 2. The third kappa shape index (κ3) is 8.73. The molecule has 218 valence electrons. The summed E-state index contributed by atoms with van der Waals surface area (Å²) in [5.41, 5.74) is 2.70. The summed E-state index contributed by atoms with van der Waals surface area (Å²) < 4.78 is 6.78. The first kappa shape index (κ1) is 31.4. The quantitative estimate of drug-likeness (QED) is 0.225. The molecule has 2 amide bonds. The van der Waals surface area contributed by atoms with Gasteiger partial charge in [0.15, 0.2) is 6.61 Å². The summed E-state index contributed by atoms with van der Waals surface area (Å²) in [7, 11) is 0. The van der Waals surface area contributed by atoms with Crippen molar-refractivity contribution in [2.24, 2.45) is 0 Å². The summed E-state index contributed by atoms with van der Waals surface area (Å²) in [4.78, 5) is 29.5. The average Bonchev–Trinajstić information content (AvgIpc) is 2.96. The zero-order chi connectivity index (χ0) is 29.4. The Balaban J connectivity index is 1.64. The van der Waals surface area contributed by atoms with Crippen molar-refractivity contribution in [1.29, 1.82) is 0 Å². The predicted molar refractivity (Wildman–Crippen MR) is 170 cm³/mol. The molecule has 1 N–H and O–H groups in total. The van der Waals surface area contributed by atoms with Crippen molar-refractivity contribution in [2.75, 3.05) is 6.61 Å². The Bertz CT molecular complexity index is 1310. The molecule has 8 heteroatoms. The monoisotopic (exact) mass is 658 g/mol. The van der Waals surface area contributed by atoms with Crippen molar-refractivity contribution >= 4 is 50.9 Å². The van der Waals surface area contributed by atoms with Gasteiger partial charge in [0.1, 0.15) is 11.8 Å². The van der Waals surface area contributed by atoms with E-state index in [1.165, 1.54) is 6.42 Å². The average molecular weight is 660 g/mol. The highest BCUT2D eigenvalue weighted by molar-refractivity contribution is 9.10. The second-order valence-corrected chi connectivity index (χ2v) is 12.6. The van der Waals surface area contributed by atoms with Gasteiger partial charge in [0, 0.05) is 34.6 Å². The Morgan fingerprint density at radius 3 is 2.29 bits per heavy atom. The molecule has 0 aliphatic heterocycles. The number of ether oxygens (including phenoxy) is 1. The van der Waals surface area contributed by atoms with Crippen LogP contribution in [-0.4, -0.2) is 35.4 Å². The van der Waals surface area contributed by atoms with Gasteiger partial charge in [-0.3, -0.25) is 9.59 Å². The van der Waals surface area contributed by atoms with Crippen molar-refractivity contribution in [2.45, 2.75) is 76.9 Å². The maximum atomic E-state index is 14.0. The fourth-order valence-corrected chi connectivity index (χ4v) is 6.20. The molecule has 1 aliphatic carbocycles. The topological polar surface area (TPSA) is 58.6 Å². The number of carbonyl (C=O) groups excluding carboxylic acids is 2. The van der Waals surface area contributed by atoms with Gasteiger partial charge < -0.3 is 15.0 Å². The Hall–Kier alpha value is -2.54. The summed E-state index contributed by atoms with van der Waals surface area (Å²) in [6, 6.07) is 20.2. The number of benzene rings is 3. The fraction of sp³-hybridized carbons (Fsp3) is 0.394. The van der Waals surface area contributed by atoms with Crippen LogP contribution in [0.3, 0.4) is 0 Å². The zero-order valence-electron chi connectivity index (χ0n) is 23.5. The zero-order valence-corrected chi connectivity index (χ0v) is 26.6. The van der Waals surface area contributed by atoms with Crippen LogP contribution >= 0.6 is 39.1 Å². The van der Waals surface area contributed by atoms with E-state index in [1.807, 2.05) is 48.5 Å². The minimum Gasteiger partial charge on any atom is -0.483 e. The highest BCUT2D eigenvalue weighted by Gasteiger charge is 2.33. The van der Waals surface area contributed by atoms with E-state index in [1.54, 1.807) is 23.1 Å². The van der Waals surface area contributed by atoms with Crippen molar-refractivity contribution in [3.05, 3.63) is 97.9 Å². The van der Waals surface area contributed by atoms with Crippen molar-refractivity contribution in [3.8, 4) is 5.75 Å². The Labute approximate surface area is 261 Å². The molecule has 0 unspecified atom stereocenters. The summed E-state index contributed by atoms with van der Waals surface area (Å²) in [6.45, 7) is 4.07. The van der Waals surface area contributed by atoms with Crippen molar-refractivity contribution < 1.29 is 14.3 Å². The van der Waals surface area contributed by atoms with Crippen LogP contribution in [-0.2, 0) is 22.6 Å². The second kappa shape index (κ2) is 15.1. The lowest BCUT2D eigenvalue weighted by Crippen LogP contribution is -2.53. The Morgan fingerprint density at radius 1 is 0.976 bits per heavy atom. The molecule has 3 aromatic carbocycles. The predicted octanol–water partition coefficient (Wildman–Crippen LogP) is 8.35. The lowest BCUT2D eigenvalue weighted by Gasteiger charge is -2.33. The number of nitrogens with one attached hydrogen (secondary N) is 1. The van der Waals surface area contributed by atoms with E-state index in [2.05, 4.69) is 35.1 Å². The number of rotatable bonds is 11. The van der Waals surface area contributed by atoms with Gasteiger partial charge in [-0.05, 0) is 70.1 Å². The van der Waals surface area contributed by atoms with Crippen LogP contribution in [0.2, 0.25) is 10.0 Å². The van der Waals surface area contributed by atoms with E-state index in [-0.39, 0.29) is 31.0 Å². The van der Waals surface area contributed by atoms with E-state index >= 15 is 0 Å².